The minimum Gasteiger partial charge on any atom is -0.508 e. The minimum absolute atomic E-state index is 0.0782. The van der Waals surface area contributed by atoms with Gasteiger partial charge in [-0.1, -0.05) is 110 Å². The quantitative estimate of drug-likeness (QED) is 0.105. The number of rotatable bonds is 11. The molecular weight excluding hydrogens is 693 g/mol. The summed E-state index contributed by atoms with van der Waals surface area (Å²) in [4.78, 5) is 0.173. The van der Waals surface area contributed by atoms with Gasteiger partial charge in [0.1, 0.15) is 27.0 Å². The van der Waals surface area contributed by atoms with Gasteiger partial charge in [-0.25, -0.2) is 0 Å². The van der Waals surface area contributed by atoms with Crippen LogP contribution in [-0.4, -0.2) is 21.9 Å². The molecule has 0 saturated heterocycles. The first-order valence-electron chi connectivity index (χ1n) is 16.7. The normalized spacial score (nSPS) is 13.2. The number of aromatic hydroxyl groups is 1. The topological polar surface area (TPSA) is 107 Å². The number of aryl methyl sites for hydroxylation is 2. The highest BCUT2D eigenvalue weighted by Gasteiger charge is 2.33. The van der Waals surface area contributed by atoms with Crippen LogP contribution in [0.25, 0.3) is 0 Å². The van der Waals surface area contributed by atoms with E-state index in [1.54, 1.807) is 60.7 Å². The lowest BCUT2D eigenvalue weighted by atomic mass is 9.70. The first-order chi connectivity index (χ1) is 24.6. The number of phenolic OH excluding ortho intramolecular Hbond substituents is 1. The molecule has 1 N–H and O–H groups in total. The lowest BCUT2D eigenvalue weighted by Gasteiger charge is -2.33. The zero-order valence-electron chi connectivity index (χ0n) is 29.6. The van der Waals surface area contributed by atoms with Crippen LogP contribution in [0.5, 0.6) is 17.2 Å². The zero-order valence-corrected chi connectivity index (χ0v) is 31.2. The molecule has 0 aliphatic rings. The van der Waals surface area contributed by atoms with Gasteiger partial charge in [0.05, 0.1) is 0 Å². The molecule has 1 atom stereocenters. The van der Waals surface area contributed by atoms with Crippen molar-refractivity contribution in [2.75, 3.05) is 0 Å². The monoisotopic (exact) mass is 732 g/mol. The summed E-state index contributed by atoms with van der Waals surface area (Å²) >= 11 is 0. The van der Waals surface area contributed by atoms with Crippen LogP contribution in [0, 0.1) is 13.8 Å². The number of hydrogen-bond acceptors (Lipinski definition) is 7. The molecule has 52 heavy (non-hydrogen) atoms. The molecule has 6 rings (SSSR count). The van der Waals surface area contributed by atoms with E-state index in [1.165, 1.54) is 24.3 Å². The lowest BCUT2D eigenvalue weighted by Crippen LogP contribution is -2.26. The largest absolute Gasteiger partial charge is 0.508 e. The SMILES string of the molecule is Cc1ccc(S(=O)(=O)Oc2ccc(C(C)(C)c3ccc(C(C)(c4ccc(O)cc4)c4ccc(OS(=O)(=O)c5ccc(C)cc5)cc4)cc3)cc2)cc1. The molecule has 0 fully saturated rings. The van der Waals surface area contributed by atoms with Gasteiger partial charge in [0.25, 0.3) is 0 Å². The van der Waals surface area contributed by atoms with Crippen LogP contribution in [0.3, 0.4) is 0 Å². The Morgan fingerprint density at radius 2 is 0.712 bits per heavy atom. The molecule has 0 radical (unpaired) electrons. The van der Waals surface area contributed by atoms with E-state index in [4.69, 9.17) is 8.37 Å². The molecule has 0 amide bonds. The van der Waals surface area contributed by atoms with Gasteiger partial charge in [-0.3, -0.25) is 0 Å². The third-order valence-corrected chi connectivity index (χ3v) is 12.2. The zero-order chi connectivity index (χ0) is 37.3. The van der Waals surface area contributed by atoms with E-state index in [2.05, 4.69) is 45.0 Å². The average Bonchev–Trinajstić information content (AvgIpc) is 3.12. The van der Waals surface area contributed by atoms with E-state index < -0.39 is 31.1 Å². The highest BCUT2D eigenvalue weighted by molar-refractivity contribution is 7.87. The Hall–Kier alpha value is -5.38. The highest BCUT2D eigenvalue weighted by Crippen LogP contribution is 2.42. The summed E-state index contributed by atoms with van der Waals surface area (Å²) in [6.07, 6.45) is 0. The summed E-state index contributed by atoms with van der Waals surface area (Å²) in [7, 11) is -7.98. The summed E-state index contributed by atoms with van der Waals surface area (Å²) in [5.41, 5.74) is 5.57. The molecule has 0 saturated carbocycles. The highest BCUT2D eigenvalue weighted by atomic mass is 32.2. The molecule has 0 heterocycles. The number of benzene rings is 6. The molecule has 0 spiro atoms. The van der Waals surface area contributed by atoms with Crippen LogP contribution < -0.4 is 8.37 Å². The maximum atomic E-state index is 12.9. The van der Waals surface area contributed by atoms with Gasteiger partial charge in [0, 0.05) is 10.8 Å². The van der Waals surface area contributed by atoms with Crippen molar-refractivity contribution in [3.8, 4) is 17.2 Å². The Morgan fingerprint density at radius 3 is 1.08 bits per heavy atom. The predicted octanol–water partition coefficient (Wildman–Crippen LogP) is 9.22. The molecule has 0 bridgehead atoms. The summed E-state index contributed by atoms with van der Waals surface area (Å²) in [5.74, 6) is 0.570. The van der Waals surface area contributed by atoms with Gasteiger partial charge in [-0.2, -0.15) is 16.8 Å². The Labute approximate surface area is 306 Å². The standard InChI is InChI=1S/C43H40O7S2/c1-30-6-26-40(27-7-30)51(45,46)49-38-22-16-33(17-23-38)42(3,4)32-10-12-34(13-11-32)43(5,35-14-20-37(44)21-15-35)36-18-24-39(25-19-36)50-52(47,48)41-28-8-31(2)9-29-41/h6-29,44H,1-5H3. The molecule has 0 aliphatic heterocycles. The van der Waals surface area contributed by atoms with Gasteiger partial charge >= 0.3 is 20.2 Å². The van der Waals surface area contributed by atoms with Crippen LogP contribution >= 0.6 is 0 Å². The number of hydrogen-bond donors (Lipinski definition) is 1. The molecule has 1 unspecified atom stereocenters. The van der Waals surface area contributed by atoms with Crippen LogP contribution in [0.2, 0.25) is 0 Å². The molecular formula is C43H40O7S2. The third kappa shape index (κ3) is 7.47. The summed E-state index contributed by atoms with van der Waals surface area (Å²) in [5, 5.41) is 10.1. The van der Waals surface area contributed by atoms with Gasteiger partial charge in [-0.05, 0) is 109 Å². The van der Waals surface area contributed by atoms with Crippen molar-refractivity contribution in [3.63, 3.8) is 0 Å². The minimum atomic E-state index is -4.01. The van der Waals surface area contributed by atoms with Crippen molar-refractivity contribution in [1.82, 2.24) is 0 Å². The summed E-state index contributed by atoms with van der Waals surface area (Å²) < 4.78 is 62.4. The molecule has 266 valence electrons. The van der Waals surface area contributed by atoms with Gasteiger partial charge in [0.2, 0.25) is 0 Å². The van der Waals surface area contributed by atoms with Crippen molar-refractivity contribution in [2.24, 2.45) is 0 Å². The van der Waals surface area contributed by atoms with Gasteiger partial charge in [0.15, 0.2) is 0 Å². The first-order valence-corrected chi connectivity index (χ1v) is 19.5. The average molecular weight is 733 g/mol. The van der Waals surface area contributed by atoms with Crippen LogP contribution in [0.1, 0.15) is 59.7 Å². The maximum Gasteiger partial charge on any atom is 0.339 e. The molecule has 0 aromatic heterocycles. The molecule has 6 aromatic carbocycles. The fourth-order valence-electron chi connectivity index (χ4n) is 6.21. The van der Waals surface area contributed by atoms with E-state index >= 15 is 0 Å². The smallest absolute Gasteiger partial charge is 0.339 e. The van der Waals surface area contributed by atoms with E-state index in [1.807, 2.05) is 50.2 Å². The van der Waals surface area contributed by atoms with Crippen molar-refractivity contribution < 1.29 is 30.3 Å². The van der Waals surface area contributed by atoms with Crippen molar-refractivity contribution in [3.05, 3.63) is 185 Å². The molecule has 6 aromatic rings. The Bertz CT molecular complexity index is 2380. The van der Waals surface area contributed by atoms with Crippen LogP contribution in [0.4, 0.5) is 0 Å². The molecule has 9 heteroatoms. The summed E-state index contributed by atoms with van der Waals surface area (Å²) in [6, 6.07) is 42.4. The van der Waals surface area contributed by atoms with Gasteiger partial charge in [-0.15, -0.1) is 0 Å². The van der Waals surface area contributed by atoms with Crippen molar-refractivity contribution >= 4 is 20.2 Å². The van der Waals surface area contributed by atoms with Gasteiger partial charge < -0.3 is 13.5 Å². The van der Waals surface area contributed by atoms with E-state index in [0.717, 1.165) is 38.9 Å². The number of phenols is 1. The van der Waals surface area contributed by atoms with Crippen LogP contribution in [0.15, 0.2) is 155 Å². The fourth-order valence-corrected chi connectivity index (χ4v) is 8.07. The lowest BCUT2D eigenvalue weighted by molar-refractivity contribution is 0.474. The fraction of sp³-hybridized carbons (Fsp3) is 0.163. The summed E-state index contributed by atoms with van der Waals surface area (Å²) in [6.45, 7) is 10.1. The van der Waals surface area contributed by atoms with Crippen LogP contribution in [-0.2, 0) is 31.1 Å². The Morgan fingerprint density at radius 1 is 0.423 bits per heavy atom. The molecule has 0 aliphatic carbocycles. The second-order valence-electron chi connectivity index (χ2n) is 13.6. The van der Waals surface area contributed by atoms with E-state index in [9.17, 15) is 21.9 Å². The van der Waals surface area contributed by atoms with E-state index in [-0.39, 0.29) is 27.0 Å². The Balaban J connectivity index is 1.26. The molecule has 7 nitrogen and oxygen atoms in total. The maximum absolute atomic E-state index is 12.9. The predicted molar refractivity (Wildman–Crippen MR) is 203 cm³/mol. The second kappa shape index (κ2) is 14.0. The second-order valence-corrected chi connectivity index (χ2v) is 16.7. The van der Waals surface area contributed by atoms with Crippen molar-refractivity contribution in [2.45, 2.75) is 55.2 Å². The third-order valence-electron chi connectivity index (χ3n) is 9.67. The first kappa shape index (κ1) is 36.4. The van der Waals surface area contributed by atoms with E-state index in [0.29, 0.717) is 0 Å². The Kier molecular flexibility index (Phi) is 9.79. The van der Waals surface area contributed by atoms with Crippen molar-refractivity contribution in [1.29, 1.82) is 0 Å².